The maximum absolute atomic E-state index is 12.9. The van der Waals surface area contributed by atoms with Gasteiger partial charge in [0.25, 0.3) is 0 Å². The average Bonchev–Trinajstić information content (AvgIpc) is 3.35. The Labute approximate surface area is 425 Å². The minimum atomic E-state index is -0.801. The number of ether oxygens (including phenoxy) is 3. The first-order chi connectivity index (χ1) is 34.0. The molecule has 0 saturated heterocycles. The van der Waals surface area contributed by atoms with Crippen LogP contribution in [0, 0.1) is 0 Å². The molecule has 6 heteroatoms. The predicted octanol–water partition coefficient (Wildman–Crippen LogP) is 19.1. The van der Waals surface area contributed by atoms with Gasteiger partial charge in [0.05, 0.1) is 0 Å². The third-order valence-electron chi connectivity index (χ3n) is 11.8. The van der Waals surface area contributed by atoms with Crippen LogP contribution in [0.2, 0.25) is 0 Å². The second-order valence-corrected chi connectivity index (χ2v) is 18.5. The van der Waals surface area contributed by atoms with Gasteiger partial charge in [-0.3, -0.25) is 14.4 Å². The van der Waals surface area contributed by atoms with Gasteiger partial charge in [-0.2, -0.15) is 0 Å². The summed E-state index contributed by atoms with van der Waals surface area (Å²) in [5, 5.41) is 0. The van der Waals surface area contributed by atoms with Crippen molar-refractivity contribution in [2.75, 3.05) is 13.2 Å². The van der Waals surface area contributed by atoms with Gasteiger partial charge in [-0.15, -0.1) is 0 Å². The number of hydrogen-bond acceptors (Lipinski definition) is 6. The highest BCUT2D eigenvalue weighted by molar-refractivity contribution is 5.71. The molecule has 0 heterocycles. The highest BCUT2D eigenvalue weighted by atomic mass is 16.6. The van der Waals surface area contributed by atoms with E-state index in [1.165, 1.54) is 83.5 Å². The van der Waals surface area contributed by atoms with E-state index in [1.807, 2.05) is 0 Å². The summed E-state index contributed by atoms with van der Waals surface area (Å²) < 4.78 is 16.8. The van der Waals surface area contributed by atoms with Crippen LogP contribution in [0.5, 0.6) is 0 Å². The molecule has 0 aromatic carbocycles. The number of rotatable bonds is 50. The standard InChI is InChI=1S/C63H104O6/c1-4-7-10-13-16-19-22-25-28-31-33-35-38-41-44-47-50-53-56-62(65)68-59-60(58-67-61(64)55-52-49-46-43-40-37-34-30-27-24-21-18-15-12-9-6-3)69-63(66)57-54-51-48-45-42-39-36-32-29-26-23-20-17-14-11-8-5-2/h9,12,16-22,25-31,33,35,60H,4-8,10-11,13-15,23-24,32,34,36-59H2,1-3H3/b12-9-,19-16-,20-17-,21-18-,25-22-,29-26-,30-27-,31-28-,35-33-. The zero-order chi connectivity index (χ0) is 50.0. The summed E-state index contributed by atoms with van der Waals surface area (Å²) in [6.07, 6.45) is 76.3. The van der Waals surface area contributed by atoms with E-state index in [9.17, 15) is 14.4 Å². The Balaban J connectivity index is 4.49. The highest BCUT2D eigenvalue weighted by Gasteiger charge is 2.19. The first-order valence-electron chi connectivity index (χ1n) is 28.4. The summed E-state index contributed by atoms with van der Waals surface area (Å²) in [4.78, 5) is 38.2. The molecule has 0 spiro atoms. The fraction of sp³-hybridized carbons (Fsp3) is 0.667. The highest BCUT2D eigenvalue weighted by Crippen LogP contribution is 2.14. The number of carbonyl (C=O) groups is 3. The fourth-order valence-electron chi connectivity index (χ4n) is 7.56. The molecule has 0 bridgehead atoms. The smallest absolute Gasteiger partial charge is 0.306 e. The Hall–Kier alpha value is -3.93. The van der Waals surface area contributed by atoms with Gasteiger partial charge in [-0.05, 0) is 109 Å². The number of hydrogen-bond donors (Lipinski definition) is 0. The van der Waals surface area contributed by atoms with Crippen molar-refractivity contribution in [3.05, 3.63) is 109 Å². The molecule has 0 saturated carbocycles. The molecule has 0 aliphatic rings. The Morgan fingerprint density at radius 2 is 0.623 bits per heavy atom. The topological polar surface area (TPSA) is 78.9 Å². The zero-order valence-electron chi connectivity index (χ0n) is 44.8. The third kappa shape index (κ3) is 54.9. The van der Waals surface area contributed by atoms with Crippen LogP contribution in [-0.4, -0.2) is 37.2 Å². The van der Waals surface area contributed by atoms with Crippen molar-refractivity contribution in [1.82, 2.24) is 0 Å². The molecule has 0 aliphatic heterocycles. The molecule has 1 unspecified atom stereocenters. The summed E-state index contributed by atoms with van der Waals surface area (Å²) >= 11 is 0. The molecule has 0 rings (SSSR count). The van der Waals surface area contributed by atoms with E-state index < -0.39 is 6.10 Å². The number of carbonyl (C=O) groups excluding carboxylic acids is 3. The van der Waals surface area contributed by atoms with Crippen LogP contribution in [-0.2, 0) is 28.6 Å². The monoisotopic (exact) mass is 957 g/mol. The van der Waals surface area contributed by atoms with Crippen molar-refractivity contribution in [2.45, 2.75) is 258 Å². The van der Waals surface area contributed by atoms with Crippen molar-refractivity contribution in [2.24, 2.45) is 0 Å². The van der Waals surface area contributed by atoms with Crippen molar-refractivity contribution < 1.29 is 28.6 Å². The Morgan fingerprint density at radius 3 is 1.01 bits per heavy atom. The molecule has 0 aromatic rings. The van der Waals surface area contributed by atoms with Crippen LogP contribution in [0.3, 0.4) is 0 Å². The summed E-state index contributed by atoms with van der Waals surface area (Å²) in [6, 6.07) is 0. The van der Waals surface area contributed by atoms with Gasteiger partial charge in [0.15, 0.2) is 6.10 Å². The van der Waals surface area contributed by atoms with Crippen molar-refractivity contribution in [3.63, 3.8) is 0 Å². The first kappa shape index (κ1) is 65.1. The summed E-state index contributed by atoms with van der Waals surface area (Å²) in [5.41, 5.74) is 0. The molecule has 0 N–H and O–H groups in total. The molecule has 0 aromatic heterocycles. The first-order valence-corrected chi connectivity index (χ1v) is 28.4. The molecule has 0 amide bonds. The SMILES string of the molecule is CC/C=C\C/C=C\C/C=C\CCCCCCCCC(=O)OCC(COC(=O)CCCCCCC\C=C/C=C\C=C/C=C\CCCCC)OC(=O)CCCCCCCCC/C=C\C/C=C\CCCCC. The maximum Gasteiger partial charge on any atom is 0.306 e. The van der Waals surface area contributed by atoms with Gasteiger partial charge in [0.2, 0.25) is 0 Å². The Morgan fingerprint density at radius 1 is 0.319 bits per heavy atom. The van der Waals surface area contributed by atoms with Crippen LogP contribution in [0.4, 0.5) is 0 Å². The van der Waals surface area contributed by atoms with E-state index in [1.54, 1.807) is 0 Å². The van der Waals surface area contributed by atoms with Crippen molar-refractivity contribution in [3.8, 4) is 0 Å². The lowest BCUT2D eigenvalue weighted by molar-refractivity contribution is -0.167. The normalized spacial score (nSPS) is 12.9. The minimum absolute atomic E-state index is 0.0977. The van der Waals surface area contributed by atoms with Gasteiger partial charge in [-0.1, -0.05) is 233 Å². The Bertz CT molecular complexity index is 1420. The lowest BCUT2D eigenvalue weighted by atomic mass is 10.1. The molecule has 1 atom stereocenters. The number of unbranched alkanes of at least 4 members (excludes halogenated alkanes) is 24. The average molecular weight is 958 g/mol. The van der Waals surface area contributed by atoms with Crippen LogP contribution in [0.25, 0.3) is 0 Å². The lowest BCUT2D eigenvalue weighted by Gasteiger charge is -2.18. The quantitative estimate of drug-likeness (QED) is 0.0199. The molecule has 69 heavy (non-hydrogen) atoms. The largest absolute Gasteiger partial charge is 0.462 e. The second kappa shape index (κ2) is 56.7. The lowest BCUT2D eigenvalue weighted by Crippen LogP contribution is -2.30. The Kier molecular flexibility index (Phi) is 53.4. The minimum Gasteiger partial charge on any atom is -0.462 e. The van der Waals surface area contributed by atoms with Gasteiger partial charge < -0.3 is 14.2 Å². The molecular formula is C63H104O6. The maximum atomic E-state index is 12.9. The van der Waals surface area contributed by atoms with E-state index in [2.05, 4.69) is 130 Å². The van der Waals surface area contributed by atoms with Gasteiger partial charge in [0, 0.05) is 19.3 Å². The van der Waals surface area contributed by atoms with Crippen LogP contribution in [0.1, 0.15) is 252 Å². The summed E-state index contributed by atoms with van der Waals surface area (Å²) in [6.45, 7) is 6.43. The zero-order valence-corrected chi connectivity index (χ0v) is 44.8. The molecular weight excluding hydrogens is 853 g/mol. The van der Waals surface area contributed by atoms with Gasteiger partial charge in [-0.25, -0.2) is 0 Å². The van der Waals surface area contributed by atoms with Gasteiger partial charge >= 0.3 is 17.9 Å². The molecule has 0 radical (unpaired) electrons. The van der Waals surface area contributed by atoms with E-state index in [-0.39, 0.29) is 31.1 Å². The van der Waals surface area contributed by atoms with Crippen LogP contribution in [0.15, 0.2) is 109 Å². The molecule has 0 fully saturated rings. The van der Waals surface area contributed by atoms with Crippen molar-refractivity contribution in [1.29, 1.82) is 0 Å². The fourth-order valence-corrected chi connectivity index (χ4v) is 7.56. The molecule has 392 valence electrons. The van der Waals surface area contributed by atoms with Crippen molar-refractivity contribution >= 4 is 17.9 Å². The number of allylic oxidation sites excluding steroid dienone is 18. The van der Waals surface area contributed by atoms with E-state index in [0.29, 0.717) is 19.3 Å². The van der Waals surface area contributed by atoms with E-state index in [4.69, 9.17) is 14.2 Å². The van der Waals surface area contributed by atoms with Gasteiger partial charge in [0.1, 0.15) is 13.2 Å². The summed E-state index contributed by atoms with van der Waals surface area (Å²) in [7, 11) is 0. The number of esters is 3. The van der Waals surface area contributed by atoms with E-state index in [0.717, 1.165) is 128 Å². The van der Waals surface area contributed by atoms with E-state index >= 15 is 0 Å². The third-order valence-corrected chi connectivity index (χ3v) is 11.8. The van der Waals surface area contributed by atoms with Crippen LogP contribution >= 0.6 is 0 Å². The molecule has 0 aliphatic carbocycles. The predicted molar refractivity (Wildman–Crippen MR) is 297 cm³/mol. The molecule has 6 nitrogen and oxygen atoms in total. The summed E-state index contributed by atoms with van der Waals surface area (Å²) in [5.74, 6) is -0.940. The van der Waals surface area contributed by atoms with Crippen LogP contribution < -0.4 is 0 Å². The second-order valence-electron chi connectivity index (χ2n) is 18.5.